The Morgan fingerprint density at radius 2 is 1.85 bits per heavy atom. The van der Waals surface area contributed by atoms with Crippen LogP contribution in [-0.2, 0) is 0 Å². The van der Waals surface area contributed by atoms with E-state index < -0.39 is 0 Å². The molecule has 0 radical (unpaired) electrons. The molecular weight excluding hydrogens is 313 g/mol. The minimum atomic E-state index is 0.488. The van der Waals surface area contributed by atoms with E-state index in [1.807, 2.05) is 53.1 Å². The Balaban J connectivity index is 2.26. The summed E-state index contributed by atoms with van der Waals surface area (Å²) in [6.45, 7) is 0. The Morgan fingerprint density at radius 1 is 1.05 bits per heavy atom. The fourth-order valence-electron chi connectivity index (χ4n) is 1.97. The molecule has 3 nitrogen and oxygen atoms in total. The van der Waals surface area contributed by atoms with Gasteiger partial charge in [-0.05, 0) is 42.5 Å². The lowest BCUT2D eigenvalue weighted by Gasteiger charge is -2.08. The van der Waals surface area contributed by atoms with Gasteiger partial charge in [0, 0.05) is 10.6 Å². The zero-order valence-electron chi connectivity index (χ0n) is 10.2. The van der Waals surface area contributed by atoms with Crippen LogP contribution in [0.4, 0.5) is 0 Å². The number of halogens is 2. The Hall–Kier alpha value is -1.62. The molecule has 3 rings (SSSR count). The van der Waals surface area contributed by atoms with Gasteiger partial charge in [0.1, 0.15) is 0 Å². The van der Waals surface area contributed by atoms with Crippen LogP contribution in [0.2, 0.25) is 10.0 Å². The summed E-state index contributed by atoms with van der Waals surface area (Å²) >= 11 is 17.6. The molecule has 20 heavy (non-hydrogen) atoms. The van der Waals surface area contributed by atoms with Crippen molar-refractivity contribution in [3.63, 3.8) is 0 Å². The van der Waals surface area contributed by atoms with Gasteiger partial charge in [0.25, 0.3) is 0 Å². The maximum Gasteiger partial charge on any atom is 0.200 e. The number of hydrogen-bond acceptors (Lipinski definition) is 2. The van der Waals surface area contributed by atoms with Crippen LogP contribution in [0.15, 0.2) is 48.5 Å². The average Bonchev–Trinajstić information content (AvgIpc) is 2.81. The van der Waals surface area contributed by atoms with Gasteiger partial charge in [0.15, 0.2) is 10.6 Å². The van der Waals surface area contributed by atoms with E-state index in [0.717, 1.165) is 11.3 Å². The third-order valence-corrected chi connectivity index (χ3v) is 3.69. The van der Waals surface area contributed by atoms with E-state index in [-0.39, 0.29) is 0 Å². The minimum absolute atomic E-state index is 0.488. The molecule has 3 aromatic rings. The standard InChI is InChI=1S/C14H9Cl2N3S/c15-9-4-3-5-10(8-9)19-13(17-18-14(19)20)11-6-1-2-7-12(11)16/h1-8H,(H,18,20). The maximum atomic E-state index is 6.23. The van der Waals surface area contributed by atoms with Gasteiger partial charge < -0.3 is 0 Å². The summed E-state index contributed by atoms with van der Waals surface area (Å²) in [5, 5.41) is 8.32. The monoisotopic (exact) mass is 321 g/mol. The molecule has 0 bridgehead atoms. The lowest BCUT2D eigenvalue weighted by atomic mass is 10.2. The highest BCUT2D eigenvalue weighted by Gasteiger charge is 2.13. The molecule has 0 aliphatic rings. The van der Waals surface area contributed by atoms with Crippen LogP contribution in [0.1, 0.15) is 0 Å². The van der Waals surface area contributed by atoms with Crippen molar-refractivity contribution in [1.82, 2.24) is 14.8 Å². The largest absolute Gasteiger partial charge is 0.268 e. The molecule has 0 aliphatic heterocycles. The van der Waals surface area contributed by atoms with Gasteiger partial charge in [-0.15, -0.1) is 0 Å². The van der Waals surface area contributed by atoms with Crippen LogP contribution < -0.4 is 0 Å². The molecule has 0 atom stereocenters. The van der Waals surface area contributed by atoms with Gasteiger partial charge in [0.2, 0.25) is 0 Å². The van der Waals surface area contributed by atoms with Crippen molar-refractivity contribution >= 4 is 35.4 Å². The quantitative estimate of drug-likeness (QED) is 0.681. The number of aromatic amines is 1. The number of nitrogens with zero attached hydrogens (tertiary/aromatic N) is 2. The Kier molecular flexibility index (Phi) is 3.61. The zero-order chi connectivity index (χ0) is 14.1. The summed E-state index contributed by atoms with van der Waals surface area (Å²) in [7, 11) is 0. The van der Waals surface area contributed by atoms with E-state index >= 15 is 0 Å². The molecule has 0 aliphatic carbocycles. The van der Waals surface area contributed by atoms with Crippen molar-refractivity contribution in [1.29, 1.82) is 0 Å². The summed E-state index contributed by atoms with van der Waals surface area (Å²) in [4.78, 5) is 0. The average molecular weight is 322 g/mol. The molecule has 0 unspecified atom stereocenters. The third-order valence-electron chi connectivity index (χ3n) is 2.85. The molecule has 0 saturated carbocycles. The molecule has 0 spiro atoms. The summed E-state index contributed by atoms with van der Waals surface area (Å²) in [6, 6.07) is 14.9. The highest BCUT2D eigenvalue weighted by atomic mass is 35.5. The first-order chi connectivity index (χ1) is 9.66. The van der Waals surface area contributed by atoms with E-state index in [2.05, 4.69) is 10.2 Å². The molecule has 6 heteroatoms. The van der Waals surface area contributed by atoms with Crippen LogP contribution in [-0.4, -0.2) is 14.8 Å². The van der Waals surface area contributed by atoms with E-state index in [1.165, 1.54) is 0 Å². The first-order valence-corrected chi connectivity index (χ1v) is 7.01. The Labute approximate surface area is 130 Å². The van der Waals surface area contributed by atoms with Crippen LogP contribution >= 0.6 is 35.4 Å². The normalized spacial score (nSPS) is 10.7. The van der Waals surface area contributed by atoms with Crippen molar-refractivity contribution in [2.45, 2.75) is 0 Å². The highest BCUT2D eigenvalue weighted by molar-refractivity contribution is 7.71. The smallest absolute Gasteiger partial charge is 0.200 e. The van der Waals surface area contributed by atoms with Gasteiger partial charge in [-0.3, -0.25) is 9.67 Å². The van der Waals surface area contributed by atoms with Gasteiger partial charge in [-0.25, -0.2) is 0 Å². The fraction of sp³-hybridized carbons (Fsp3) is 0. The number of rotatable bonds is 2. The summed E-state index contributed by atoms with van der Waals surface area (Å²) < 4.78 is 2.30. The predicted octanol–water partition coefficient (Wildman–Crippen LogP) is 4.90. The predicted molar refractivity (Wildman–Crippen MR) is 84.2 cm³/mol. The SMILES string of the molecule is S=c1[nH]nc(-c2ccccc2Cl)n1-c1cccc(Cl)c1. The number of benzene rings is 2. The Bertz CT molecular complexity index is 823. The van der Waals surface area contributed by atoms with E-state index in [9.17, 15) is 0 Å². The van der Waals surface area contributed by atoms with Crippen molar-refractivity contribution in [3.05, 3.63) is 63.3 Å². The van der Waals surface area contributed by atoms with Crippen molar-refractivity contribution in [3.8, 4) is 17.1 Å². The molecule has 1 heterocycles. The number of H-pyrrole nitrogens is 1. The van der Waals surface area contributed by atoms with Gasteiger partial charge in [-0.1, -0.05) is 41.4 Å². The fourth-order valence-corrected chi connectivity index (χ4v) is 2.62. The number of aromatic nitrogens is 3. The molecule has 1 N–H and O–H groups in total. The third kappa shape index (κ3) is 2.38. The Morgan fingerprint density at radius 3 is 2.60 bits per heavy atom. The van der Waals surface area contributed by atoms with Crippen molar-refractivity contribution in [2.75, 3.05) is 0 Å². The highest BCUT2D eigenvalue weighted by Crippen LogP contribution is 2.28. The summed E-state index contributed by atoms with van der Waals surface area (Å²) in [5.41, 5.74) is 1.65. The van der Waals surface area contributed by atoms with E-state index in [0.29, 0.717) is 20.6 Å². The van der Waals surface area contributed by atoms with Crippen LogP contribution in [0.5, 0.6) is 0 Å². The molecular formula is C14H9Cl2N3S. The molecule has 100 valence electrons. The molecule has 1 aromatic heterocycles. The lowest BCUT2D eigenvalue weighted by Crippen LogP contribution is -1.98. The van der Waals surface area contributed by atoms with Crippen molar-refractivity contribution < 1.29 is 0 Å². The first kappa shape index (κ1) is 13.4. The molecule has 2 aromatic carbocycles. The lowest BCUT2D eigenvalue weighted by molar-refractivity contribution is 1.04. The van der Waals surface area contributed by atoms with E-state index in [1.54, 1.807) is 0 Å². The summed E-state index contributed by atoms with van der Waals surface area (Å²) in [5.74, 6) is 0.655. The van der Waals surface area contributed by atoms with Crippen LogP contribution in [0, 0.1) is 4.77 Å². The second-order valence-corrected chi connectivity index (χ2v) is 5.38. The molecule has 0 saturated heterocycles. The number of nitrogens with one attached hydrogen (secondary N) is 1. The van der Waals surface area contributed by atoms with Crippen LogP contribution in [0.3, 0.4) is 0 Å². The second-order valence-electron chi connectivity index (χ2n) is 4.15. The van der Waals surface area contributed by atoms with Gasteiger partial charge >= 0.3 is 0 Å². The van der Waals surface area contributed by atoms with Gasteiger partial charge in [-0.2, -0.15) is 5.10 Å². The first-order valence-electron chi connectivity index (χ1n) is 5.85. The van der Waals surface area contributed by atoms with E-state index in [4.69, 9.17) is 35.4 Å². The van der Waals surface area contributed by atoms with Crippen LogP contribution in [0.25, 0.3) is 17.1 Å². The molecule has 0 amide bonds. The zero-order valence-corrected chi connectivity index (χ0v) is 12.5. The minimum Gasteiger partial charge on any atom is -0.268 e. The second kappa shape index (κ2) is 5.40. The summed E-state index contributed by atoms with van der Waals surface area (Å²) in [6.07, 6.45) is 0. The maximum absolute atomic E-state index is 6.23. The van der Waals surface area contributed by atoms with Gasteiger partial charge in [0.05, 0.1) is 10.7 Å². The van der Waals surface area contributed by atoms with Crippen molar-refractivity contribution in [2.24, 2.45) is 0 Å². The molecule has 0 fully saturated rings. The topological polar surface area (TPSA) is 33.6 Å². The number of hydrogen-bond donors (Lipinski definition) is 1.